The van der Waals surface area contributed by atoms with Gasteiger partial charge in [-0.05, 0) is 30.7 Å². The van der Waals surface area contributed by atoms with Gasteiger partial charge < -0.3 is 18.9 Å². The van der Waals surface area contributed by atoms with Gasteiger partial charge >= 0.3 is 11.7 Å². The summed E-state index contributed by atoms with van der Waals surface area (Å²) in [4.78, 5) is 41.1. The van der Waals surface area contributed by atoms with Crippen molar-refractivity contribution in [1.82, 2.24) is 9.55 Å². The van der Waals surface area contributed by atoms with Gasteiger partial charge in [0.25, 0.3) is 5.56 Å². The van der Waals surface area contributed by atoms with Gasteiger partial charge in [0.15, 0.2) is 12.5 Å². The molecule has 1 N–H and O–H groups in total. The summed E-state index contributed by atoms with van der Waals surface area (Å²) in [5, 5.41) is 4.04. The highest BCUT2D eigenvalue weighted by Crippen LogP contribution is 2.46. The van der Waals surface area contributed by atoms with Gasteiger partial charge in [-0.15, -0.1) is 0 Å². The molecule has 1 aromatic heterocycles. The highest BCUT2D eigenvalue weighted by Gasteiger charge is 2.62. The first-order chi connectivity index (χ1) is 14.8. The molecule has 0 bridgehead atoms. The van der Waals surface area contributed by atoms with E-state index >= 15 is 0 Å². The van der Waals surface area contributed by atoms with Crippen LogP contribution in [-0.2, 0) is 18.9 Å². The number of carbonyl (C=O) groups excluding carboxylic acids is 1. The molecule has 0 saturated carbocycles. The number of rotatable bonds is 5. The molecule has 2 aromatic rings. The first-order valence-corrected chi connectivity index (χ1v) is 9.50. The molecule has 0 spiro atoms. The van der Waals surface area contributed by atoms with Crippen LogP contribution in [0.15, 0.2) is 51.2 Å². The molecule has 0 amide bonds. The topological polar surface area (TPSA) is 158 Å². The van der Waals surface area contributed by atoms with E-state index in [1.54, 1.807) is 19.1 Å². The number of fused-ring (bicyclic) bond motifs is 1. The normalized spacial score (nSPS) is 29.2. The number of carbonyl (C=O) groups is 1. The molecule has 12 nitrogen and oxygen atoms in total. The minimum Gasteiger partial charge on any atom is -0.459 e. The van der Waals surface area contributed by atoms with Crippen LogP contribution < -0.4 is 11.2 Å². The highest BCUT2D eigenvalue weighted by atomic mass is 35.5. The Kier molecular flexibility index (Phi) is 5.56. The molecular weight excluding hydrogens is 434 g/mol. The van der Waals surface area contributed by atoms with Crippen LogP contribution in [0.1, 0.15) is 23.5 Å². The fourth-order valence-corrected chi connectivity index (χ4v) is 3.73. The lowest BCUT2D eigenvalue weighted by Gasteiger charge is -2.28. The highest BCUT2D eigenvalue weighted by molar-refractivity contribution is 6.30. The van der Waals surface area contributed by atoms with Crippen molar-refractivity contribution in [2.24, 2.45) is 5.11 Å². The number of aromatic amines is 1. The van der Waals surface area contributed by atoms with Gasteiger partial charge in [0.2, 0.25) is 5.72 Å². The van der Waals surface area contributed by atoms with E-state index in [9.17, 15) is 14.4 Å². The van der Waals surface area contributed by atoms with Gasteiger partial charge in [-0.25, -0.2) is 9.59 Å². The van der Waals surface area contributed by atoms with Crippen molar-refractivity contribution in [3.8, 4) is 0 Å². The van der Waals surface area contributed by atoms with Crippen molar-refractivity contribution in [2.75, 3.05) is 6.61 Å². The Morgan fingerprint density at radius 2 is 2.19 bits per heavy atom. The fourth-order valence-electron chi connectivity index (χ4n) is 3.54. The summed E-state index contributed by atoms with van der Waals surface area (Å²) in [6, 6.07) is 7.24. The summed E-state index contributed by atoms with van der Waals surface area (Å²) in [6.45, 7) is 1.10. The summed E-state index contributed by atoms with van der Waals surface area (Å²) < 4.78 is 23.7. The van der Waals surface area contributed by atoms with Crippen LogP contribution in [-0.4, -0.2) is 46.4 Å². The Labute approximate surface area is 178 Å². The maximum Gasteiger partial charge on any atom is 0.338 e. The van der Waals surface area contributed by atoms with Gasteiger partial charge in [-0.3, -0.25) is 14.3 Å². The zero-order valence-corrected chi connectivity index (χ0v) is 16.8. The standard InChI is InChI=1S/C18H16ClN5O7/c1-9-29-13-14(30-9)18(22-23-20,8-28-16(26)10-3-2-4-11(19)7-10)31-15(13)24-6-5-12(25)21-17(24)27/h2-7,9,13-15H,8H2,1H3,(H,21,25,27). The quantitative estimate of drug-likeness (QED) is 0.315. The number of esters is 1. The number of aromatic nitrogens is 2. The van der Waals surface area contributed by atoms with Crippen molar-refractivity contribution >= 4 is 17.6 Å². The first-order valence-electron chi connectivity index (χ1n) is 9.12. The molecule has 0 radical (unpaired) electrons. The third-order valence-corrected chi connectivity index (χ3v) is 5.08. The first kappa shape index (κ1) is 21.1. The van der Waals surface area contributed by atoms with Crippen LogP contribution in [0.4, 0.5) is 0 Å². The Morgan fingerprint density at radius 3 is 2.90 bits per heavy atom. The molecule has 5 unspecified atom stereocenters. The van der Waals surface area contributed by atoms with Gasteiger partial charge in [0.1, 0.15) is 18.8 Å². The van der Waals surface area contributed by atoms with E-state index in [2.05, 4.69) is 15.0 Å². The molecule has 3 heterocycles. The number of hydrogen-bond acceptors (Lipinski definition) is 8. The summed E-state index contributed by atoms with van der Waals surface area (Å²) in [5.74, 6) is -0.730. The zero-order chi connectivity index (χ0) is 22.2. The van der Waals surface area contributed by atoms with Crippen LogP contribution in [0.25, 0.3) is 10.4 Å². The molecule has 0 aliphatic carbocycles. The minimum atomic E-state index is -1.82. The molecule has 4 rings (SSSR count). The number of H-pyrrole nitrogens is 1. The van der Waals surface area contributed by atoms with E-state index < -0.39 is 54.3 Å². The van der Waals surface area contributed by atoms with Gasteiger partial charge in [-0.2, -0.15) is 0 Å². The second kappa shape index (κ2) is 8.17. The Morgan fingerprint density at radius 1 is 1.39 bits per heavy atom. The van der Waals surface area contributed by atoms with Crippen LogP contribution in [0.2, 0.25) is 5.02 Å². The van der Waals surface area contributed by atoms with Crippen LogP contribution in [0, 0.1) is 0 Å². The molecule has 1 aromatic carbocycles. The fraction of sp³-hybridized carbons (Fsp3) is 0.389. The maximum atomic E-state index is 12.5. The van der Waals surface area contributed by atoms with Crippen molar-refractivity contribution in [3.63, 3.8) is 0 Å². The van der Waals surface area contributed by atoms with Crippen LogP contribution in [0.3, 0.4) is 0 Å². The molecule has 2 aliphatic heterocycles. The maximum absolute atomic E-state index is 12.5. The van der Waals surface area contributed by atoms with Gasteiger partial charge in [0, 0.05) is 22.2 Å². The number of hydrogen-bond donors (Lipinski definition) is 1. The number of halogens is 1. The number of nitrogens with one attached hydrogen (secondary N) is 1. The van der Waals surface area contributed by atoms with Crippen molar-refractivity contribution in [1.29, 1.82) is 0 Å². The van der Waals surface area contributed by atoms with Crippen molar-refractivity contribution in [3.05, 3.63) is 78.4 Å². The summed E-state index contributed by atoms with van der Waals surface area (Å²) in [7, 11) is 0. The number of ether oxygens (including phenoxy) is 4. The zero-order valence-electron chi connectivity index (χ0n) is 16.0. The monoisotopic (exact) mass is 449 g/mol. The lowest BCUT2D eigenvalue weighted by atomic mass is 10.1. The number of nitrogens with zero attached hydrogens (tertiary/aromatic N) is 4. The van der Waals surface area contributed by atoms with E-state index in [0.717, 1.165) is 10.6 Å². The average Bonchev–Trinajstić information content (AvgIpc) is 3.24. The summed E-state index contributed by atoms with van der Waals surface area (Å²) in [6.07, 6.45) is -2.48. The Bertz CT molecular complexity index is 1180. The number of benzene rings is 1. The molecule has 2 saturated heterocycles. The molecule has 2 aliphatic rings. The van der Waals surface area contributed by atoms with E-state index in [4.69, 9.17) is 36.1 Å². The van der Waals surface area contributed by atoms with Gasteiger partial charge in [-0.1, -0.05) is 22.8 Å². The van der Waals surface area contributed by atoms with Crippen molar-refractivity contribution in [2.45, 2.75) is 37.4 Å². The molecule has 162 valence electrons. The largest absolute Gasteiger partial charge is 0.459 e. The number of azide groups is 1. The Balaban J connectivity index is 1.65. The van der Waals surface area contributed by atoms with E-state index in [0.29, 0.717) is 5.02 Å². The summed E-state index contributed by atoms with van der Waals surface area (Å²) >= 11 is 5.90. The minimum absolute atomic E-state index is 0.184. The van der Waals surface area contributed by atoms with E-state index in [1.165, 1.54) is 18.3 Å². The third-order valence-electron chi connectivity index (χ3n) is 4.85. The van der Waals surface area contributed by atoms with Crippen LogP contribution >= 0.6 is 11.6 Å². The van der Waals surface area contributed by atoms with E-state index in [1.807, 2.05) is 0 Å². The Hall–Kier alpha value is -3.15. The second-order valence-electron chi connectivity index (χ2n) is 6.87. The SMILES string of the molecule is CC1OC2C(n3ccc(=O)[nH]c3=O)OC(COC(=O)c3cccc(Cl)c3)(N=[N+]=[N-])C2O1. The predicted octanol–water partition coefficient (Wildman–Crippen LogP) is 1.71. The lowest BCUT2D eigenvalue weighted by Crippen LogP contribution is -2.45. The van der Waals surface area contributed by atoms with E-state index in [-0.39, 0.29) is 5.56 Å². The molecular formula is C18H16ClN5O7. The smallest absolute Gasteiger partial charge is 0.338 e. The molecule has 13 heteroatoms. The van der Waals surface area contributed by atoms with Crippen LogP contribution in [0.5, 0.6) is 0 Å². The lowest BCUT2D eigenvalue weighted by molar-refractivity contribution is -0.185. The molecule has 2 fully saturated rings. The molecule has 5 atom stereocenters. The van der Waals surface area contributed by atoms with Crippen molar-refractivity contribution < 1.29 is 23.7 Å². The molecule has 31 heavy (non-hydrogen) atoms. The predicted molar refractivity (Wildman–Crippen MR) is 104 cm³/mol. The average molecular weight is 450 g/mol. The second-order valence-corrected chi connectivity index (χ2v) is 7.31. The summed E-state index contributed by atoms with van der Waals surface area (Å²) in [5.41, 5.74) is 6.16. The third kappa shape index (κ3) is 3.94. The van der Waals surface area contributed by atoms with Gasteiger partial charge in [0.05, 0.1) is 5.56 Å².